The molecular weight excluding hydrogens is 276 g/mol. The van der Waals surface area contributed by atoms with Crippen LogP contribution in [-0.4, -0.2) is 25.4 Å². The minimum Gasteiger partial charge on any atom is -0.315 e. The molecule has 2 aromatic rings. The molecule has 2 rings (SSSR count). The van der Waals surface area contributed by atoms with Gasteiger partial charge in [-0.3, -0.25) is 9.59 Å². The Morgan fingerprint density at radius 3 is 1.82 bits per heavy atom. The summed E-state index contributed by atoms with van der Waals surface area (Å²) >= 11 is 0. The smallest absolute Gasteiger partial charge is 0.236 e. The van der Waals surface area contributed by atoms with Gasteiger partial charge in [0.25, 0.3) is 0 Å². The molecule has 0 aliphatic carbocycles. The van der Waals surface area contributed by atoms with Gasteiger partial charge in [-0.25, -0.2) is 0 Å². The number of anilines is 2. The zero-order valence-electron chi connectivity index (χ0n) is 12.9. The van der Waals surface area contributed by atoms with Crippen molar-refractivity contribution in [1.29, 1.82) is 0 Å². The predicted molar refractivity (Wildman–Crippen MR) is 88.9 cm³/mol. The topological polar surface area (TPSA) is 40.6 Å². The number of amides is 2. The van der Waals surface area contributed by atoms with Crippen molar-refractivity contribution < 1.29 is 9.59 Å². The number of nitrogens with zero attached hydrogens (tertiary/aromatic N) is 2. The molecule has 4 nitrogen and oxygen atoms in total. The summed E-state index contributed by atoms with van der Waals surface area (Å²) in [6.07, 6.45) is -0.145. The van der Waals surface area contributed by atoms with Crippen LogP contribution < -0.4 is 9.80 Å². The number of para-hydroxylation sites is 2. The zero-order chi connectivity index (χ0) is 15.9. The van der Waals surface area contributed by atoms with E-state index >= 15 is 0 Å². The lowest BCUT2D eigenvalue weighted by atomic mass is 10.2. The molecule has 0 atom stereocenters. The second kappa shape index (κ2) is 7.41. The number of benzene rings is 2. The van der Waals surface area contributed by atoms with E-state index in [1.807, 2.05) is 67.6 Å². The van der Waals surface area contributed by atoms with Gasteiger partial charge in [0.2, 0.25) is 11.8 Å². The summed E-state index contributed by atoms with van der Waals surface area (Å²) in [6, 6.07) is 18.7. The number of hydrogen-bond acceptors (Lipinski definition) is 2. The van der Waals surface area contributed by atoms with Crippen LogP contribution in [0, 0.1) is 0 Å². The summed E-state index contributed by atoms with van der Waals surface area (Å²) in [5.41, 5.74) is 1.59. The Balaban J connectivity index is 2.06. The number of carbonyl (C=O) groups excluding carboxylic acids is 2. The fourth-order valence-electron chi connectivity index (χ4n) is 2.25. The van der Waals surface area contributed by atoms with Crippen molar-refractivity contribution >= 4 is 23.2 Å². The predicted octanol–water partition coefficient (Wildman–Crippen LogP) is 3.09. The van der Waals surface area contributed by atoms with Crippen LogP contribution in [0.2, 0.25) is 0 Å². The Labute approximate surface area is 131 Å². The average molecular weight is 296 g/mol. The minimum absolute atomic E-state index is 0.145. The average Bonchev–Trinajstić information content (AvgIpc) is 2.56. The molecule has 114 valence electrons. The van der Waals surface area contributed by atoms with Crippen LogP contribution in [0.4, 0.5) is 11.4 Å². The highest BCUT2D eigenvalue weighted by Crippen LogP contribution is 2.16. The fraction of sp³-hybridized carbons (Fsp3) is 0.222. The molecule has 0 aliphatic heterocycles. The highest BCUT2D eigenvalue weighted by atomic mass is 16.2. The molecule has 22 heavy (non-hydrogen) atoms. The fourth-order valence-corrected chi connectivity index (χ4v) is 2.25. The maximum Gasteiger partial charge on any atom is 0.236 e. The molecule has 0 fully saturated rings. The summed E-state index contributed by atoms with van der Waals surface area (Å²) in [7, 11) is 1.68. The van der Waals surface area contributed by atoms with Gasteiger partial charge in [-0.1, -0.05) is 36.4 Å². The summed E-state index contributed by atoms with van der Waals surface area (Å²) in [4.78, 5) is 27.8. The Bertz CT molecular complexity index is 626. The molecule has 0 saturated heterocycles. The van der Waals surface area contributed by atoms with Gasteiger partial charge in [-0.2, -0.15) is 0 Å². The van der Waals surface area contributed by atoms with Gasteiger partial charge < -0.3 is 9.80 Å². The van der Waals surface area contributed by atoms with E-state index in [1.54, 1.807) is 11.9 Å². The molecule has 0 radical (unpaired) electrons. The number of rotatable bonds is 5. The quantitative estimate of drug-likeness (QED) is 0.796. The van der Waals surface area contributed by atoms with Gasteiger partial charge in [0, 0.05) is 25.0 Å². The van der Waals surface area contributed by atoms with Crippen LogP contribution in [0.5, 0.6) is 0 Å². The summed E-state index contributed by atoms with van der Waals surface area (Å²) in [5.74, 6) is -0.410. The van der Waals surface area contributed by atoms with Gasteiger partial charge in [0.15, 0.2) is 0 Å². The van der Waals surface area contributed by atoms with E-state index < -0.39 is 0 Å². The third-order valence-electron chi connectivity index (χ3n) is 3.51. The van der Waals surface area contributed by atoms with E-state index in [0.29, 0.717) is 6.54 Å². The van der Waals surface area contributed by atoms with Gasteiger partial charge in [-0.05, 0) is 31.2 Å². The molecule has 0 aromatic heterocycles. The maximum absolute atomic E-state index is 12.4. The van der Waals surface area contributed by atoms with Crippen molar-refractivity contribution in [2.45, 2.75) is 13.3 Å². The minimum atomic E-state index is -0.217. The zero-order valence-corrected chi connectivity index (χ0v) is 12.9. The van der Waals surface area contributed by atoms with E-state index in [4.69, 9.17) is 0 Å². The van der Waals surface area contributed by atoms with E-state index in [-0.39, 0.29) is 18.2 Å². The third kappa shape index (κ3) is 3.73. The molecule has 2 aromatic carbocycles. The first-order chi connectivity index (χ1) is 10.6. The lowest BCUT2D eigenvalue weighted by molar-refractivity contribution is -0.126. The van der Waals surface area contributed by atoms with E-state index in [1.165, 1.54) is 4.90 Å². The van der Waals surface area contributed by atoms with Crippen molar-refractivity contribution in [2.24, 2.45) is 0 Å². The standard InChI is InChI=1S/C18H20N2O2/c1-3-20(16-12-8-5-9-13-16)18(22)14-17(21)19(2)15-10-6-4-7-11-15/h4-13H,3,14H2,1-2H3. The Hall–Kier alpha value is -2.62. The van der Waals surface area contributed by atoms with E-state index in [2.05, 4.69) is 0 Å². The molecule has 4 heteroatoms. The first kappa shape index (κ1) is 15.8. The summed E-state index contributed by atoms with van der Waals surface area (Å²) < 4.78 is 0. The van der Waals surface area contributed by atoms with Crippen LogP contribution in [0.1, 0.15) is 13.3 Å². The van der Waals surface area contributed by atoms with Gasteiger partial charge in [-0.15, -0.1) is 0 Å². The number of carbonyl (C=O) groups is 2. The highest BCUT2D eigenvalue weighted by Gasteiger charge is 2.20. The number of hydrogen-bond donors (Lipinski definition) is 0. The molecule has 0 aliphatic rings. The third-order valence-corrected chi connectivity index (χ3v) is 3.51. The summed E-state index contributed by atoms with van der Waals surface area (Å²) in [5, 5.41) is 0. The van der Waals surface area contributed by atoms with Crippen LogP contribution >= 0.6 is 0 Å². The van der Waals surface area contributed by atoms with Crippen molar-refractivity contribution in [3.63, 3.8) is 0 Å². The Kier molecular flexibility index (Phi) is 5.31. The Morgan fingerprint density at radius 1 is 0.818 bits per heavy atom. The van der Waals surface area contributed by atoms with Crippen molar-refractivity contribution in [1.82, 2.24) is 0 Å². The van der Waals surface area contributed by atoms with Crippen molar-refractivity contribution in [3.8, 4) is 0 Å². The molecule has 2 amide bonds. The van der Waals surface area contributed by atoms with Gasteiger partial charge >= 0.3 is 0 Å². The molecule has 0 unspecified atom stereocenters. The monoisotopic (exact) mass is 296 g/mol. The molecule has 0 bridgehead atoms. The largest absolute Gasteiger partial charge is 0.315 e. The van der Waals surface area contributed by atoms with Gasteiger partial charge in [0.05, 0.1) is 0 Å². The Morgan fingerprint density at radius 2 is 1.32 bits per heavy atom. The van der Waals surface area contributed by atoms with Crippen LogP contribution in [0.3, 0.4) is 0 Å². The highest BCUT2D eigenvalue weighted by molar-refractivity contribution is 6.09. The molecular formula is C18H20N2O2. The van der Waals surface area contributed by atoms with E-state index in [0.717, 1.165) is 11.4 Å². The van der Waals surface area contributed by atoms with Crippen molar-refractivity contribution in [3.05, 3.63) is 60.7 Å². The summed E-state index contributed by atoms with van der Waals surface area (Å²) in [6.45, 7) is 2.43. The SMILES string of the molecule is CCN(C(=O)CC(=O)N(C)c1ccccc1)c1ccccc1. The first-order valence-corrected chi connectivity index (χ1v) is 7.30. The molecule has 0 N–H and O–H groups in total. The normalized spacial score (nSPS) is 10.1. The van der Waals surface area contributed by atoms with Crippen LogP contribution in [-0.2, 0) is 9.59 Å². The van der Waals surface area contributed by atoms with E-state index in [9.17, 15) is 9.59 Å². The maximum atomic E-state index is 12.4. The van der Waals surface area contributed by atoms with Crippen LogP contribution in [0.25, 0.3) is 0 Å². The van der Waals surface area contributed by atoms with Crippen LogP contribution in [0.15, 0.2) is 60.7 Å². The lowest BCUT2D eigenvalue weighted by Gasteiger charge is -2.23. The molecule has 0 saturated carbocycles. The molecule has 0 spiro atoms. The second-order valence-corrected chi connectivity index (χ2v) is 4.94. The molecule has 0 heterocycles. The van der Waals surface area contributed by atoms with Crippen molar-refractivity contribution in [2.75, 3.05) is 23.4 Å². The van der Waals surface area contributed by atoms with Gasteiger partial charge in [0.1, 0.15) is 6.42 Å². The lowest BCUT2D eigenvalue weighted by Crippen LogP contribution is -2.36. The first-order valence-electron chi connectivity index (χ1n) is 7.30. The second-order valence-electron chi connectivity index (χ2n) is 4.94.